The Morgan fingerprint density at radius 3 is 1.23 bits per heavy atom. The van der Waals surface area contributed by atoms with Crippen LogP contribution >= 0.6 is 7.82 Å². The van der Waals surface area contributed by atoms with E-state index in [1.54, 1.807) is 0 Å². The quantitative estimate of drug-likeness (QED) is 0.0197. The van der Waals surface area contributed by atoms with Crippen molar-refractivity contribution < 1.29 is 52.2 Å². The van der Waals surface area contributed by atoms with Crippen LogP contribution in [0.3, 0.4) is 0 Å². The van der Waals surface area contributed by atoms with Crippen molar-refractivity contribution in [3.8, 4) is 0 Å². The van der Waals surface area contributed by atoms with Gasteiger partial charge in [-0.1, -0.05) is 181 Å². The molecule has 11 nitrogen and oxygen atoms in total. The lowest BCUT2D eigenvalue weighted by Crippen LogP contribution is -2.30. The fourth-order valence-corrected chi connectivity index (χ4v) is 7.18. The lowest BCUT2D eigenvalue weighted by molar-refractivity contribution is -0.161. The van der Waals surface area contributed by atoms with Crippen molar-refractivity contribution in [3.05, 3.63) is 122 Å². The molecule has 0 saturated carbocycles. The molecule has 396 valence electrons. The third kappa shape index (κ3) is 48.9. The second kappa shape index (κ2) is 51.2. The number of phosphoric ester groups is 1. The van der Waals surface area contributed by atoms with Crippen LogP contribution in [-0.4, -0.2) is 66.5 Å². The minimum atomic E-state index is -4.78. The van der Waals surface area contributed by atoms with Gasteiger partial charge < -0.3 is 24.2 Å². The van der Waals surface area contributed by atoms with Crippen molar-refractivity contribution >= 4 is 25.7 Å². The lowest BCUT2D eigenvalue weighted by atomic mass is 10.1. The largest absolute Gasteiger partial charge is 0.472 e. The average Bonchev–Trinajstić information content (AvgIpc) is 3.35. The SMILES string of the molecule is CC/C=C\C/C=C\C/C=C\C/C=C\CCCCCCC(=O)OC(COC(=O)CCCCCCC/C=C\C/C=C\CCC)COP(=O)(O)OCC(CO)OC(=O)CC/C=C\C/C=C\C/C=C\C/C=C\CC. The Kier molecular flexibility index (Phi) is 48.2. The van der Waals surface area contributed by atoms with Gasteiger partial charge >= 0.3 is 25.7 Å². The molecule has 0 spiro atoms. The molecule has 0 heterocycles. The highest BCUT2D eigenvalue weighted by atomic mass is 31.2. The molecule has 0 saturated heterocycles. The molecular weight excluding hydrogens is 904 g/mol. The summed E-state index contributed by atoms with van der Waals surface area (Å²) in [6.45, 7) is 4.18. The number of allylic oxidation sites excluding steroid dienone is 20. The van der Waals surface area contributed by atoms with Crippen molar-refractivity contribution in [2.24, 2.45) is 0 Å². The third-order valence-corrected chi connectivity index (χ3v) is 11.3. The summed E-state index contributed by atoms with van der Waals surface area (Å²) in [4.78, 5) is 48.3. The number of unbranched alkanes of at least 4 members (excludes halogenated alkanes) is 10. The predicted molar refractivity (Wildman–Crippen MR) is 288 cm³/mol. The van der Waals surface area contributed by atoms with Gasteiger partial charge in [0.25, 0.3) is 0 Å². The molecule has 3 unspecified atom stereocenters. The summed E-state index contributed by atoms with van der Waals surface area (Å²) >= 11 is 0. The minimum Gasteiger partial charge on any atom is -0.462 e. The first-order valence-electron chi connectivity index (χ1n) is 26.4. The maximum atomic E-state index is 12.9. The second-order valence-corrected chi connectivity index (χ2v) is 18.4. The van der Waals surface area contributed by atoms with E-state index in [1.807, 2.05) is 18.2 Å². The zero-order valence-corrected chi connectivity index (χ0v) is 44.3. The number of carbonyl (C=O) groups is 3. The van der Waals surface area contributed by atoms with E-state index in [1.165, 1.54) is 0 Å². The zero-order chi connectivity index (χ0) is 51.3. The Balaban J connectivity index is 4.89. The molecule has 0 amide bonds. The number of carbonyl (C=O) groups excluding carboxylic acids is 3. The highest BCUT2D eigenvalue weighted by Gasteiger charge is 2.28. The van der Waals surface area contributed by atoms with Gasteiger partial charge in [0.05, 0.1) is 19.8 Å². The van der Waals surface area contributed by atoms with Gasteiger partial charge in [-0.2, -0.15) is 0 Å². The molecule has 2 N–H and O–H groups in total. The first kappa shape index (κ1) is 65.9. The van der Waals surface area contributed by atoms with E-state index in [0.717, 1.165) is 128 Å². The van der Waals surface area contributed by atoms with E-state index in [0.29, 0.717) is 19.3 Å². The minimum absolute atomic E-state index is 0.0469. The molecule has 0 aliphatic rings. The molecule has 0 bridgehead atoms. The molecule has 0 aliphatic heterocycles. The highest BCUT2D eigenvalue weighted by molar-refractivity contribution is 7.47. The molecule has 12 heteroatoms. The molecule has 0 aromatic heterocycles. The first-order valence-corrected chi connectivity index (χ1v) is 27.9. The fourth-order valence-electron chi connectivity index (χ4n) is 6.40. The van der Waals surface area contributed by atoms with Crippen LogP contribution < -0.4 is 0 Å². The highest BCUT2D eigenvalue weighted by Crippen LogP contribution is 2.43. The number of ether oxygens (including phenoxy) is 3. The van der Waals surface area contributed by atoms with Crippen LogP contribution in [0.1, 0.15) is 188 Å². The molecule has 0 radical (unpaired) electrons. The Morgan fingerprint density at radius 1 is 0.414 bits per heavy atom. The summed E-state index contributed by atoms with van der Waals surface area (Å²) in [5, 5.41) is 9.76. The molecule has 0 rings (SSSR count). The average molecular weight is 997 g/mol. The summed E-state index contributed by atoms with van der Waals surface area (Å²) in [5.74, 6) is -1.61. The van der Waals surface area contributed by atoms with Gasteiger partial charge in [0.1, 0.15) is 12.7 Å². The van der Waals surface area contributed by atoms with Crippen molar-refractivity contribution in [1.82, 2.24) is 0 Å². The van der Waals surface area contributed by atoms with E-state index in [4.69, 9.17) is 23.3 Å². The molecule has 0 fully saturated rings. The van der Waals surface area contributed by atoms with Crippen molar-refractivity contribution in [2.75, 3.05) is 26.4 Å². The maximum Gasteiger partial charge on any atom is 0.472 e. The van der Waals surface area contributed by atoms with Crippen LogP contribution in [0.5, 0.6) is 0 Å². The number of rotatable bonds is 47. The van der Waals surface area contributed by atoms with E-state index >= 15 is 0 Å². The summed E-state index contributed by atoms with van der Waals surface area (Å²) in [5.41, 5.74) is 0. The molecule has 0 aliphatic carbocycles. The Labute approximate surface area is 424 Å². The smallest absolute Gasteiger partial charge is 0.462 e. The normalized spacial score (nSPS) is 14.4. The molecule has 0 aromatic carbocycles. The van der Waals surface area contributed by atoms with Gasteiger partial charge in [-0.3, -0.25) is 23.4 Å². The van der Waals surface area contributed by atoms with Crippen molar-refractivity contribution in [1.29, 1.82) is 0 Å². The Hall–Kier alpha value is -4.12. The van der Waals surface area contributed by atoms with Gasteiger partial charge in [-0.25, -0.2) is 4.57 Å². The number of hydrogen-bond acceptors (Lipinski definition) is 10. The molecular formula is C58H93O11P. The number of aliphatic hydroxyl groups is 1. The topological polar surface area (TPSA) is 155 Å². The summed E-state index contributed by atoms with van der Waals surface area (Å²) in [7, 11) is -4.78. The van der Waals surface area contributed by atoms with Gasteiger partial charge in [0.2, 0.25) is 0 Å². The summed E-state index contributed by atoms with van der Waals surface area (Å²) in [6, 6.07) is 0. The van der Waals surface area contributed by atoms with E-state index in [2.05, 4.69) is 124 Å². The van der Waals surface area contributed by atoms with Gasteiger partial charge in [-0.15, -0.1) is 0 Å². The van der Waals surface area contributed by atoms with E-state index in [9.17, 15) is 28.9 Å². The fraction of sp³-hybridized carbons (Fsp3) is 0.603. The predicted octanol–water partition coefficient (Wildman–Crippen LogP) is 15.2. The Bertz CT molecular complexity index is 1630. The standard InChI is InChI=1S/C58H93O11P/c1-4-7-10-13-16-19-22-25-26-27-28-31-34-37-40-43-46-49-58(62)69-55(51-65-56(60)47-44-41-38-35-32-29-23-20-17-14-11-8-5-2)53-67-70(63,64)66-52-54(50-59)68-57(61)48-45-42-39-36-33-30-24-21-18-15-12-9-6-3/h7,9-12,14,16,18-21,23,25-26,28,30-31,33,39,42,54-55,59H,4-6,8,13,15,17,22,24,27,29,32,34-38,40-41,43-53H2,1-3H3,(H,63,64)/b10-7-,12-9-,14-11-,19-16-,21-18-,23-20-,26-25-,31-28-,33-30-,42-39-. The van der Waals surface area contributed by atoms with Crippen LogP contribution in [0, 0.1) is 0 Å². The first-order chi connectivity index (χ1) is 34.2. The van der Waals surface area contributed by atoms with Crippen LogP contribution in [0.2, 0.25) is 0 Å². The van der Waals surface area contributed by atoms with Crippen LogP contribution in [-0.2, 0) is 42.2 Å². The van der Waals surface area contributed by atoms with Gasteiger partial charge in [0, 0.05) is 19.3 Å². The van der Waals surface area contributed by atoms with E-state index in [-0.39, 0.29) is 25.9 Å². The third-order valence-electron chi connectivity index (χ3n) is 10.3. The number of phosphoric acid groups is 1. The zero-order valence-electron chi connectivity index (χ0n) is 43.4. The Morgan fingerprint density at radius 2 is 0.771 bits per heavy atom. The van der Waals surface area contributed by atoms with Gasteiger partial charge in [-0.05, 0) is 109 Å². The number of esters is 3. The van der Waals surface area contributed by atoms with E-state index < -0.39 is 57.8 Å². The summed E-state index contributed by atoms with van der Waals surface area (Å²) < 4.78 is 39.3. The molecule has 70 heavy (non-hydrogen) atoms. The number of hydrogen-bond donors (Lipinski definition) is 2. The maximum absolute atomic E-state index is 12.9. The molecule has 3 atom stereocenters. The second-order valence-electron chi connectivity index (χ2n) is 16.9. The van der Waals surface area contributed by atoms with Crippen LogP contribution in [0.25, 0.3) is 0 Å². The van der Waals surface area contributed by atoms with Crippen molar-refractivity contribution in [2.45, 2.75) is 200 Å². The lowest BCUT2D eigenvalue weighted by Gasteiger charge is -2.21. The van der Waals surface area contributed by atoms with Crippen LogP contribution in [0.15, 0.2) is 122 Å². The van der Waals surface area contributed by atoms with Crippen molar-refractivity contribution in [3.63, 3.8) is 0 Å². The number of aliphatic hydroxyl groups excluding tert-OH is 1. The monoisotopic (exact) mass is 997 g/mol. The molecule has 0 aromatic rings. The van der Waals surface area contributed by atoms with Crippen LogP contribution in [0.4, 0.5) is 0 Å². The summed E-state index contributed by atoms with van der Waals surface area (Å²) in [6.07, 6.45) is 61.8. The van der Waals surface area contributed by atoms with Gasteiger partial charge in [0.15, 0.2) is 6.10 Å².